The Labute approximate surface area is 337 Å². The van der Waals surface area contributed by atoms with Gasteiger partial charge in [-0.15, -0.1) is 0 Å². The molecule has 0 aromatic heterocycles. The minimum atomic E-state index is -0.590. The number of benzene rings is 2. The van der Waals surface area contributed by atoms with Gasteiger partial charge in [-0.1, -0.05) is 13.8 Å². The quantitative estimate of drug-likeness (QED) is 0.295. The summed E-state index contributed by atoms with van der Waals surface area (Å²) in [5, 5.41) is 0. The first-order valence-corrected chi connectivity index (χ1v) is 20.6. The second-order valence-corrected chi connectivity index (χ2v) is 18.9. The number of hydrogen-bond acceptors (Lipinski definition) is 8. The summed E-state index contributed by atoms with van der Waals surface area (Å²) in [6.07, 6.45) is 3.98. The summed E-state index contributed by atoms with van der Waals surface area (Å²) in [4.78, 5) is 61.7. The molecule has 3 heterocycles. The van der Waals surface area contributed by atoms with Gasteiger partial charge in [-0.3, -0.25) is 9.59 Å². The van der Waals surface area contributed by atoms with Crippen molar-refractivity contribution in [3.8, 4) is 5.75 Å². The molecule has 1 aliphatic carbocycles. The van der Waals surface area contributed by atoms with E-state index in [4.69, 9.17) is 14.2 Å². The van der Waals surface area contributed by atoms with Crippen molar-refractivity contribution < 1.29 is 37.8 Å². The van der Waals surface area contributed by atoms with E-state index >= 15 is 0 Å². The van der Waals surface area contributed by atoms with Crippen LogP contribution in [-0.4, -0.2) is 126 Å². The highest BCUT2D eigenvalue weighted by Gasteiger charge is 2.35. The van der Waals surface area contributed by atoms with Gasteiger partial charge >= 0.3 is 12.2 Å². The molecule has 0 unspecified atom stereocenters. The highest BCUT2D eigenvalue weighted by atomic mass is 19.1. The van der Waals surface area contributed by atoms with Crippen molar-refractivity contribution in [2.24, 2.45) is 5.41 Å². The van der Waals surface area contributed by atoms with Crippen LogP contribution in [0.25, 0.3) is 0 Å². The Morgan fingerprint density at radius 3 is 1.77 bits per heavy atom. The monoisotopic (exact) mass is 791 g/mol. The van der Waals surface area contributed by atoms with Crippen LogP contribution in [0.4, 0.5) is 19.7 Å². The third kappa shape index (κ3) is 10.9. The summed E-state index contributed by atoms with van der Waals surface area (Å²) in [5.74, 6) is 0.140. The Bertz CT molecular complexity index is 1790. The molecule has 6 rings (SSSR count). The number of carbonyl (C=O) groups excluding carboxylic acids is 4. The van der Waals surface area contributed by atoms with Gasteiger partial charge in [0.2, 0.25) is 0 Å². The second kappa shape index (κ2) is 16.7. The standard InChI is InChI=1S/C44H62FN5O7/c1-42(2,3)56-40(53)49-23-17-46(18-24-49)34-26-32(25-33(45)28-34)39(52)48-21-19-47(20-22-48)38(51)31-9-10-37(36(27-31)30-11-14-44(7,8)15-12-30)55-35-13-16-50(29-35)41(54)57-43(4,5)6/h9-10,25-28,30,35H,11-24,29H2,1-8H3/t35-/m0/s1. The molecule has 2 aromatic rings. The van der Waals surface area contributed by atoms with Crippen molar-refractivity contribution in [3.05, 3.63) is 58.9 Å². The molecule has 4 aliphatic rings. The highest BCUT2D eigenvalue weighted by molar-refractivity contribution is 5.97. The van der Waals surface area contributed by atoms with Crippen molar-refractivity contribution >= 4 is 29.7 Å². The minimum Gasteiger partial charge on any atom is -0.488 e. The van der Waals surface area contributed by atoms with Crippen LogP contribution in [0.2, 0.25) is 0 Å². The predicted molar refractivity (Wildman–Crippen MR) is 216 cm³/mol. The normalized spacial score (nSPS) is 20.7. The number of rotatable bonds is 6. The zero-order valence-electron chi connectivity index (χ0n) is 35.2. The molecule has 12 nitrogen and oxygen atoms in total. The van der Waals surface area contributed by atoms with Gasteiger partial charge in [0.15, 0.2) is 0 Å². The molecule has 2 aromatic carbocycles. The topological polar surface area (TPSA) is 112 Å². The molecule has 1 atom stereocenters. The van der Waals surface area contributed by atoms with Gasteiger partial charge in [-0.25, -0.2) is 14.0 Å². The van der Waals surface area contributed by atoms with E-state index in [0.29, 0.717) is 83.1 Å². The lowest BCUT2D eigenvalue weighted by atomic mass is 9.71. The first-order chi connectivity index (χ1) is 26.7. The lowest BCUT2D eigenvalue weighted by Gasteiger charge is -2.37. The minimum absolute atomic E-state index is 0.0958. The van der Waals surface area contributed by atoms with Crippen LogP contribution in [0.1, 0.15) is 120 Å². The van der Waals surface area contributed by atoms with Gasteiger partial charge in [0.05, 0.1) is 6.54 Å². The maximum absolute atomic E-state index is 14.9. The summed E-state index contributed by atoms with van der Waals surface area (Å²) in [6.45, 7) is 19.9. The molecular weight excluding hydrogens is 730 g/mol. The molecule has 4 amide bonds. The predicted octanol–water partition coefficient (Wildman–Crippen LogP) is 7.55. The van der Waals surface area contributed by atoms with Crippen LogP contribution in [0.15, 0.2) is 36.4 Å². The van der Waals surface area contributed by atoms with Crippen LogP contribution in [0.5, 0.6) is 5.75 Å². The number of likely N-dealkylation sites (tertiary alicyclic amines) is 1. The Morgan fingerprint density at radius 2 is 1.19 bits per heavy atom. The molecule has 312 valence electrons. The number of piperazine rings is 2. The van der Waals surface area contributed by atoms with Gasteiger partial charge < -0.3 is 38.7 Å². The fourth-order valence-electron chi connectivity index (χ4n) is 8.15. The van der Waals surface area contributed by atoms with Gasteiger partial charge in [-0.2, -0.15) is 0 Å². The van der Waals surface area contributed by atoms with Crippen LogP contribution in [-0.2, 0) is 9.47 Å². The molecule has 57 heavy (non-hydrogen) atoms. The molecule has 3 aliphatic heterocycles. The van der Waals surface area contributed by atoms with Crippen LogP contribution < -0.4 is 9.64 Å². The van der Waals surface area contributed by atoms with E-state index in [0.717, 1.165) is 37.0 Å². The number of hydrogen-bond donors (Lipinski definition) is 0. The first-order valence-electron chi connectivity index (χ1n) is 20.6. The largest absolute Gasteiger partial charge is 0.488 e. The van der Waals surface area contributed by atoms with E-state index in [1.54, 1.807) is 25.7 Å². The Kier molecular flexibility index (Phi) is 12.4. The molecular formula is C44H62FN5O7. The van der Waals surface area contributed by atoms with E-state index in [1.165, 1.54) is 12.1 Å². The SMILES string of the molecule is CC1(C)CCC(c2cc(C(=O)N3CCN(C(=O)c4cc(F)cc(N5CCN(C(=O)OC(C)(C)C)CC5)c4)CC3)ccc2O[C@H]2CCN(C(=O)OC(C)(C)C)C2)CC1. The van der Waals surface area contributed by atoms with E-state index < -0.39 is 17.0 Å². The fraction of sp³-hybridized carbons (Fsp3) is 0.636. The number of halogens is 1. The Morgan fingerprint density at radius 1 is 0.649 bits per heavy atom. The molecule has 13 heteroatoms. The molecule has 0 bridgehead atoms. The van der Waals surface area contributed by atoms with Gasteiger partial charge in [-0.05, 0) is 121 Å². The summed E-state index contributed by atoms with van der Waals surface area (Å²) >= 11 is 0. The smallest absolute Gasteiger partial charge is 0.410 e. The van der Waals surface area contributed by atoms with Crippen molar-refractivity contribution in [3.63, 3.8) is 0 Å². The molecule has 0 spiro atoms. The van der Waals surface area contributed by atoms with Gasteiger partial charge in [0.1, 0.15) is 28.9 Å². The molecule has 4 fully saturated rings. The zero-order chi connectivity index (χ0) is 41.3. The highest BCUT2D eigenvalue weighted by Crippen LogP contribution is 2.45. The first kappa shape index (κ1) is 42.1. The average Bonchev–Trinajstić information content (AvgIpc) is 3.62. The van der Waals surface area contributed by atoms with Crippen molar-refractivity contribution in [2.75, 3.05) is 70.3 Å². The third-order valence-electron chi connectivity index (χ3n) is 11.4. The fourth-order valence-corrected chi connectivity index (χ4v) is 8.15. The van der Waals surface area contributed by atoms with Crippen LogP contribution in [0.3, 0.4) is 0 Å². The molecule has 1 saturated carbocycles. The number of amides is 4. The van der Waals surface area contributed by atoms with Crippen molar-refractivity contribution in [1.82, 2.24) is 19.6 Å². The van der Waals surface area contributed by atoms with Crippen molar-refractivity contribution in [1.29, 1.82) is 0 Å². The maximum Gasteiger partial charge on any atom is 0.410 e. The van der Waals surface area contributed by atoms with E-state index in [-0.39, 0.29) is 47.0 Å². The molecule has 0 N–H and O–H groups in total. The summed E-state index contributed by atoms with van der Waals surface area (Å²) in [6, 6.07) is 10.1. The summed E-state index contributed by atoms with van der Waals surface area (Å²) in [5.41, 5.74) is 1.58. The maximum atomic E-state index is 14.9. The number of carbonyl (C=O) groups is 4. The second-order valence-electron chi connectivity index (χ2n) is 18.9. The molecule has 3 saturated heterocycles. The zero-order valence-corrected chi connectivity index (χ0v) is 35.2. The van der Waals surface area contributed by atoms with Gasteiger partial charge in [0.25, 0.3) is 11.8 Å². The number of nitrogens with zero attached hydrogens (tertiary/aromatic N) is 5. The lowest BCUT2D eigenvalue weighted by Crippen LogP contribution is -2.51. The van der Waals surface area contributed by atoms with E-state index in [1.807, 2.05) is 64.6 Å². The van der Waals surface area contributed by atoms with Crippen LogP contribution in [0, 0.1) is 11.2 Å². The molecule has 0 radical (unpaired) electrons. The Balaban J connectivity index is 1.08. The van der Waals surface area contributed by atoms with Crippen molar-refractivity contribution in [2.45, 2.75) is 111 Å². The van der Waals surface area contributed by atoms with Gasteiger partial charge in [0, 0.05) is 82.1 Å². The third-order valence-corrected chi connectivity index (χ3v) is 11.4. The average molecular weight is 792 g/mol. The number of ether oxygens (including phenoxy) is 3. The lowest BCUT2D eigenvalue weighted by molar-refractivity contribution is 0.0238. The summed E-state index contributed by atoms with van der Waals surface area (Å²) < 4.78 is 32.6. The Hall–Kier alpha value is -4.55. The summed E-state index contributed by atoms with van der Waals surface area (Å²) in [7, 11) is 0. The van der Waals surface area contributed by atoms with E-state index in [9.17, 15) is 23.6 Å². The van der Waals surface area contributed by atoms with E-state index in [2.05, 4.69) is 13.8 Å². The number of anilines is 1. The van der Waals surface area contributed by atoms with Crippen LogP contribution >= 0.6 is 0 Å².